The number of halogens is 1. The Morgan fingerprint density at radius 1 is 1.16 bits per heavy atom. The van der Waals surface area contributed by atoms with Crippen LogP contribution in [0.15, 0.2) is 66.9 Å². The number of hydrogen-bond acceptors (Lipinski definition) is 5. The number of nitrogens with two attached hydrogens (primary N) is 1. The quantitative estimate of drug-likeness (QED) is 0.530. The average Bonchev–Trinajstić information content (AvgIpc) is 2.80. The van der Waals surface area contributed by atoms with Crippen molar-refractivity contribution in [3.63, 3.8) is 0 Å². The van der Waals surface area contributed by atoms with Crippen molar-refractivity contribution in [1.82, 2.24) is 4.98 Å². The van der Waals surface area contributed by atoms with E-state index in [1.54, 1.807) is 18.3 Å². The van der Waals surface area contributed by atoms with Crippen molar-refractivity contribution in [3.8, 4) is 17.4 Å². The number of nitrogens with zero attached hydrogens (tertiary/aromatic N) is 1. The molecule has 7 heteroatoms. The van der Waals surface area contributed by atoms with Crippen LogP contribution in [0.1, 0.15) is 37.5 Å². The number of carbonyl (C=O) groups is 1. The van der Waals surface area contributed by atoms with Crippen LogP contribution in [-0.2, 0) is 11.2 Å². The first-order chi connectivity index (χ1) is 15.0. The Hall–Kier alpha value is -3.09. The van der Waals surface area contributed by atoms with Crippen molar-refractivity contribution in [2.75, 3.05) is 5.32 Å². The molecular formula is C25H28ClN3O3. The Morgan fingerprint density at radius 2 is 1.94 bits per heavy atom. The fourth-order valence-electron chi connectivity index (χ4n) is 3.49. The van der Waals surface area contributed by atoms with Gasteiger partial charge in [-0.15, -0.1) is 12.4 Å². The first kappa shape index (κ1) is 23.6. The van der Waals surface area contributed by atoms with E-state index < -0.39 is 6.04 Å². The van der Waals surface area contributed by atoms with Gasteiger partial charge in [-0.25, -0.2) is 4.98 Å². The second-order valence-electron chi connectivity index (χ2n) is 8.07. The molecule has 1 aliphatic rings. The van der Waals surface area contributed by atoms with Crippen LogP contribution in [0, 0.1) is 5.92 Å². The van der Waals surface area contributed by atoms with Crippen molar-refractivity contribution in [2.24, 2.45) is 11.7 Å². The first-order valence-electron chi connectivity index (χ1n) is 10.5. The fourth-order valence-corrected chi connectivity index (χ4v) is 3.49. The molecule has 168 valence electrons. The molecule has 4 rings (SSSR count). The van der Waals surface area contributed by atoms with Gasteiger partial charge >= 0.3 is 0 Å². The van der Waals surface area contributed by atoms with E-state index in [1.165, 1.54) is 5.56 Å². The van der Waals surface area contributed by atoms with Crippen LogP contribution < -0.4 is 20.5 Å². The van der Waals surface area contributed by atoms with Gasteiger partial charge in [-0.3, -0.25) is 4.79 Å². The van der Waals surface area contributed by atoms with E-state index in [4.69, 9.17) is 15.2 Å². The second-order valence-corrected chi connectivity index (χ2v) is 8.07. The Balaban J connectivity index is 0.00000289. The topological polar surface area (TPSA) is 86.5 Å². The number of pyridine rings is 1. The third kappa shape index (κ3) is 5.58. The zero-order valence-corrected chi connectivity index (χ0v) is 19.0. The van der Waals surface area contributed by atoms with Crippen LogP contribution in [-0.4, -0.2) is 16.9 Å². The van der Waals surface area contributed by atoms with Crippen molar-refractivity contribution in [2.45, 2.75) is 38.8 Å². The van der Waals surface area contributed by atoms with Crippen LogP contribution in [0.3, 0.4) is 0 Å². The zero-order valence-electron chi connectivity index (χ0n) is 18.2. The third-order valence-electron chi connectivity index (χ3n) is 5.40. The number of anilines is 1. The number of aryl methyl sites for hydroxylation is 1. The molecule has 3 aromatic rings. The molecule has 0 spiro atoms. The van der Waals surface area contributed by atoms with Gasteiger partial charge in [0.25, 0.3) is 0 Å². The Morgan fingerprint density at radius 3 is 2.62 bits per heavy atom. The maximum absolute atomic E-state index is 12.1. The largest absolute Gasteiger partial charge is 0.485 e. The average molecular weight is 454 g/mol. The van der Waals surface area contributed by atoms with E-state index in [9.17, 15) is 4.79 Å². The van der Waals surface area contributed by atoms with Gasteiger partial charge in [0, 0.05) is 6.07 Å². The number of fused-ring (bicyclic) bond motifs is 1. The number of carbonyl (C=O) groups excluding carboxylic acids is 1. The van der Waals surface area contributed by atoms with Crippen LogP contribution in [0.5, 0.6) is 17.4 Å². The number of amides is 1. The van der Waals surface area contributed by atoms with Crippen molar-refractivity contribution >= 4 is 24.0 Å². The molecule has 0 saturated carbocycles. The van der Waals surface area contributed by atoms with E-state index >= 15 is 0 Å². The van der Waals surface area contributed by atoms with Gasteiger partial charge in [-0.05, 0) is 54.2 Å². The molecule has 0 saturated heterocycles. The molecule has 0 radical (unpaired) electrons. The lowest BCUT2D eigenvalue weighted by molar-refractivity contribution is -0.118. The van der Waals surface area contributed by atoms with Gasteiger partial charge in [0.2, 0.25) is 11.8 Å². The number of ether oxygens (including phenoxy) is 2. The van der Waals surface area contributed by atoms with Crippen molar-refractivity contribution in [1.29, 1.82) is 0 Å². The molecule has 0 bridgehead atoms. The maximum Gasteiger partial charge on any atom is 0.241 e. The summed E-state index contributed by atoms with van der Waals surface area (Å²) in [6.07, 6.45) is 3.48. The van der Waals surface area contributed by atoms with Gasteiger partial charge in [0.05, 0.1) is 17.9 Å². The molecule has 0 fully saturated rings. The first-order valence-corrected chi connectivity index (χ1v) is 10.5. The number of hydrogen-bond donors (Lipinski definition) is 2. The molecular weight excluding hydrogens is 426 g/mol. The number of rotatable bonds is 6. The highest BCUT2D eigenvalue weighted by Crippen LogP contribution is 2.37. The summed E-state index contributed by atoms with van der Waals surface area (Å²) in [5.74, 6) is 1.87. The number of benzene rings is 2. The summed E-state index contributed by atoms with van der Waals surface area (Å²) in [6, 6.07) is 19.0. The van der Waals surface area contributed by atoms with Gasteiger partial charge in [-0.2, -0.15) is 0 Å². The molecule has 6 nitrogen and oxygen atoms in total. The summed E-state index contributed by atoms with van der Waals surface area (Å²) >= 11 is 0. The minimum atomic E-state index is -0.560. The molecule has 2 heterocycles. The Labute approximate surface area is 194 Å². The van der Waals surface area contributed by atoms with Gasteiger partial charge in [0.15, 0.2) is 0 Å². The summed E-state index contributed by atoms with van der Waals surface area (Å²) in [7, 11) is 0. The van der Waals surface area contributed by atoms with E-state index in [0.29, 0.717) is 17.3 Å². The van der Waals surface area contributed by atoms with Crippen molar-refractivity contribution in [3.05, 3.63) is 78.0 Å². The minimum absolute atomic E-state index is 0. The smallest absolute Gasteiger partial charge is 0.241 e. The predicted molar refractivity (Wildman–Crippen MR) is 128 cm³/mol. The molecule has 1 aliphatic heterocycles. The number of nitrogens with one attached hydrogen (secondary N) is 1. The Bertz CT molecular complexity index is 1040. The Kier molecular flexibility index (Phi) is 7.72. The lowest BCUT2D eigenvalue weighted by Gasteiger charge is -2.26. The van der Waals surface area contributed by atoms with Gasteiger partial charge < -0.3 is 20.5 Å². The molecule has 1 amide bonds. The number of aromatic nitrogens is 1. The van der Waals surface area contributed by atoms with Crippen molar-refractivity contribution < 1.29 is 14.3 Å². The predicted octanol–water partition coefficient (Wildman–Crippen LogP) is 5.28. The van der Waals surface area contributed by atoms with Gasteiger partial charge in [-0.1, -0.05) is 44.2 Å². The molecule has 0 aliphatic carbocycles. The monoisotopic (exact) mass is 453 g/mol. The highest BCUT2D eigenvalue weighted by Gasteiger charge is 2.22. The molecule has 3 N–H and O–H groups in total. The minimum Gasteiger partial charge on any atom is -0.485 e. The van der Waals surface area contributed by atoms with E-state index in [1.807, 2.05) is 50.2 Å². The van der Waals surface area contributed by atoms with Crippen LogP contribution in [0.25, 0.3) is 0 Å². The lowest BCUT2D eigenvalue weighted by Crippen LogP contribution is -2.39. The summed E-state index contributed by atoms with van der Waals surface area (Å²) in [4.78, 5) is 16.4. The third-order valence-corrected chi connectivity index (χ3v) is 5.40. The van der Waals surface area contributed by atoms with E-state index in [-0.39, 0.29) is 30.3 Å². The fraction of sp³-hybridized carbons (Fsp3) is 0.280. The highest BCUT2D eigenvalue weighted by atomic mass is 35.5. The van der Waals surface area contributed by atoms with Gasteiger partial charge in [0.1, 0.15) is 17.6 Å². The maximum atomic E-state index is 12.1. The second kappa shape index (κ2) is 10.5. The molecule has 1 unspecified atom stereocenters. The summed E-state index contributed by atoms with van der Waals surface area (Å²) in [6.45, 7) is 3.82. The standard InChI is InChI=1S/C25H27N3O3.ClH/c1-16(2)24(26)25(29)28-19-9-13-23(27-15-19)30-20-10-12-22-18(14-20)8-11-21(31-22)17-6-4-3-5-7-17;/h3-7,9-10,12-16,21,24H,8,11,26H2,1-2H3,(H,28,29);1H/t21-,24?;/m1./s1. The van der Waals surface area contributed by atoms with E-state index in [0.717, 1.165) is 24.2 Å². The SMILES string of the molecule is CC(C)C(N)C(=O)Nc1ccc(Oc2ccc3c(c2)CC[C@H](c2ccccc2)O3)nc1.Cl. The highest BCUT2D eigenvalue weighted by molar-refractivity contribution is 5.94. The molecule has 2 aromatic carbocycles. The summed E-state index contributed by atoms with van der Waals surface area (Å²) in [5.41, 5.74) is 8.77. The zero-order chi connectivity index (χ0) is 21.8. The lowest BCUT2D eigenvalue weighted by atomic mass is 9.97. The van der Waals surface area contributed by atoms with Crippen LogP contribution >= 0.6 is 12.4 Å². The van der Waals surface area contributed by atoms with Crippen LogP contribution in [0.2, 0.25) is 0 Å². The van der Waals surface area contributed by atoms with E-state index in [2.05, 4.69) is 22.4 Å². The summed E-state index contributed by atoms with van der Waals surface area (Å²) in [5, 5.41) is 2.77. The molecule has 32 heavy (non-hydrogen) atoms. The molecule has 1 aromatic heterocycles. The van der Waals surface area contributed by atoms with Crippen LogP contribution in [0.4, 0.5) is 5.69 Å². The summed E-state index contributed by atoms with van der Waals surface area (Å²) < 4.78 is 12.1. The normalized spacial score (nSPS) is 15.7. The molecule has 2 atom stereocenters.